The quantitative estimate of drug-likeness (QED) is 0.435. The Hall–Kier alpha value is -0.701. The van der Waals surface area contributed by atoms with Crippen LogP contribution in [0.1, 0.15) is 5.56 Å². The minimum absolute atomic E-state index is 0.800. The van der Waals surface area contributed by atoms with Gasteiger partial charge in [0.05, 0.1) is 0 Å². The van der Waals surface area contributed by atoms with Gasteiger partial charge < -0.3 is 0 Å². The van der Waals surface area contributed by atoms with Crippen molar-refractivity contribution in [1.82, 2.24) is 0 Å². The van der Waals surface area contributed by atoms with E-state index in [2.05, 4.69) is 27.9 Å². The first-order chi connectivity index (χ1) is 4.93. The van der Waals surface area contributed by atoms with Gasteiger partial charge in [-0.15, -0.1) is 0 Å². The summed E-state index contributed by atoms with van der Waals surface area (Å²) in [4.78, 5) is 0. The summed E-state index contributed by atoms with van der Waals surface area (Å²) in [7, 11) is 0. The summed E-state index contributed by atoms with van der Waals surface area (Å²) in [5, 5.41) is 0.800. The van der Waals surface area contributed by atoms with Crippen LogP contribution in [0.5, 0.6) is 0 Å². The summed E-state index contributed by atoms with van der Waals surface area (Å²) in [6, 6.07) is 9.97. The molecule has 1 rings (SSSR count). The molecule has 1 aromatic rings. The van der Waals surface area contributed by atoms with E-state index < -0.39 is 0 Å². The number of rotatable bonds is 0. The van der Waals surface area contributed by atoms with E-state index in [1.807, 2.05) is 30.3 Å². The second-order valence-corrected chi connectivity index (χ2v) is 2.42. The Labute approximate surface area is 69.5 Å². The standard InChI is InChI=1S/C9H7Se/c10-8-4-7-9-5-2-1-3-6-9/h1-3,5-6H,8H2. The van der Waals surface area contributed by atoms with Crippen LogP contribution in [0.2, 0.25) is 5.32 Å². The van der Waals surface area contributed by atoms with Crippen LogP contribution in [0.25, 0.3) is 0 Å². The monoisotopic (exact) mass is 195 g/mol. The molecule has 0 bridgehead atoms. The SMILES string of the molecule is [Se]CC#Cc1ccccc1. The van der Waals surface area contributed by atoms with Gasteiger partial charge in [0, 0.05) is 0 Å². The molecule has 0 aliphatic heterocycles. The molecular formula is C9H7Se. The number of benzene rings is 1. The summed E-state index contributed by atoms with van der Waals surface area (Å²) < 4.78 is 0. The molecule has 10 heavy (non-hydrogen) atoms. The van der Waals surface area contributed by atoms with Gasteiger partial charge >= 0.3 is 69.1 Å². The van der Waals surface area contributed by atoms with Gasteiger partial charge in [0.2, 0.25) is 0 Å². The van der Waals surface area contributed by atoms with Gasteiger partial charge in [0.15, 0.2) is 0 Å². The van der Waals surface area contributed by atoms with Gasteiger partial charge in [0.1, 0.15) is 0 Å². The Kier molecular flexibility index (Phi) is 3.09. The van der Waals surface area contributed by atoms with Crippen molar-refractivity contribution < 1.29 is 0 Å². The molecule has 0 spiro atoms. The molecule has 0 saturated heterocycles. The van der Waals surface area contributed by atoms with Crippen molar-refractivity contribution in [2.45, 2.75) is 5.32 Å². The Morgan fingerprint density at radius 1 is 1.20 bits per heavy atom. The maximum atomic E-state index is 3.01. The predicted octanol–water partition coefficient (Wildman–Crippen LogP) is 1.62. The first-order valence-corrected chi connectivity index (χ1v) is 4.26. The van der Waals surface area contributed by atoms with E-state index in [4.69, 9.17) is 0 Å². The zero-order valence-electron chi connectivity index (χ0n) is 5.50. The van der Waals surface area contributed by atoms with Crippen molar-refractivity contribution in [1.29, 1.82) is 0 Å². The van der Waals surface area contributed by atoms with Crippen molar-refractivity contribution in [3.63, 3.8) is 0 Å². The van der Waals surface area contributed by atoms with Crippen LogP contribution in [-0.4, -0.2) is 16.0 Å². The first kappa shape index (κ1) is 7.41. The van der Waals surface area contributed by atoms with Crippen molar-refractivity contribution in [2.75, 3.05) is 0 Å². The molecule has 0 aliphatic carbocycles. The number of hydrogen-bond acceptors (Lipinski definition) is 0. The van der Waals surface area contributed by atoms with Gasteiger partial charge in [0.25, 0.3) is 0 Å². The number of hydrogen-bond donors (Lipinski definition) is 0. The van der Waals surface area contributed by atoms with Crippen LogP contribution in [0.3, 0.4) is 0 Å². The average molecular weight is 194 g/mol. The fourth-order valence-corrected chi connectivity index (χ4v) is 0.811. The van der Waals surface area contributed by atoms with E-state index in [-0.39, 0.29) is 0 Å². The second-order valence-electron chi connectivity index (χ2n) is 1.81. The van der Waals surface area contributed by atoms with E-state index in [9.17, 15) is 0 Å². The maximum absolute atomic E-state index is 3.01. The summed E-state index contributed by atoms with van der Waals surface area (Å²) in [5.74, 6) is 5.97. The first-order valence-electron chi connectivity index (χ1n) is 3.05. The van der Waals surface area contributed by atoms with Gasteiger partial charge in [-0.1, -0.05) is 0 Å². The van der Waals surface area contributed by atoms with Crippen LogP contribution in [0, 0.1) is 11.8 Å². The average Bonchev–Trinajstić information content (AvgIpc) is 2.03. The molecule has 1 aromatic carbocycles. The van der Waals surface area contributed by atoms with Gasteiger partial charge in [-0.05, 0) is 0 Å². The van der Waals surface area contributed by atoms with Crippen molar-refractivity contribution in [3.8, 4) is 11.8 Å². The Balaban J connectivity index is 2.76. The molecule has 1 radical (unpaired) electrons. The molecule has 0 aromatic heterocycles. The fourth-order valence-electron chi connectivity index (χ4n) is 0.660. The van der Waals surface area contributed by atoms with Crippen LogP contribution in [-0.2, 0) is 0 Å². The predicted molar refractivity (Wildman–Crippen MR) is 43.9 cm³/mol. The van der Waals surface area contributed by atoms with Crippen LogP contribution in [0.15, 0.2) is 30.3 Å². The topological polar surface area (TPSA) is 0 Å². The van der Waals surface area contributed by atoms with E-state index in [1.54, 1.807) is 0 Å². The van der Waals surface area contributed by atoms with Crippen LogP contribution in [0.4, 0.5) is 0 Å². The third kappa shape index (κ3) is 2.27. The molecule has 0 saturated carbocycles. The zero-order valence-corrected chi connectivity index (χ0v) is 7.22. The molecule has 0 unspecified atom stereocenters. The zero-order chi connectivity index (χ0) is 7.23. The minimum atomic E-state index is 0.800. The Bertz CT molecular complexity index is 240. The molecule has 0 atom stereocenters. The summed E-state index contributed by atoms with van der Waals surface area (Å²) in [5.41, 5.74) is 1.08. The molecule has 49 valence electrons. The van der Waals surface area contributed by atoms with Crippen molar-refractivity contribution in [3.05, 3.63) is 35.9 Å². The van der Waals surface area contributed by atoms with E-state index >= 15 is 0 Å². The fraction of sp³-hybridized carbons (Fsp3) is 0.111. The molecule has 0 amide bonds. The van der Waals surface area contributed by atoms with Crippen LogP contribution < -0.4 is 0 Å². The normalized spacial score (nSPS) is 8.10. The molecular weight excluding hydrogens is 187 g/mol. The third-order valence-electron chi connectivity index (χ3n) is 1.08. The Morgan fingerprint density at radius 2 is 1.90 bits per heavy atom. The Morgan fingerprint density at radius 3 is 2.50 bits per heavy atom. The van der Waals surface area contributed by atoms with Crippen LogP contribution >= 0.6 is 0 Å². The van der Waals surface area contributed by atoms with E-state index in [0.717, 1.165) is 10.9 Å². The van der Waals surface area contributed by atoms with Crippen molar-refractivity contribution in [2.24, 2.45) is 0 Å². The van der Waals surface area contributed by atoms with Gasteiger partial charge in [-0.2, -0.15) is 0 Å². The van der Waals surface area contributed by atoms with Gasteiger partial charge in [-0.3, -0.25) is 0 Å². The molecule has 0 fully saturated rings. The summed E-state index contributed by atoms with van der Waals surface area (Å²) in [6.45, 7) is 0. The van der Waals surface area contributed by atoms with E-state index in [1.165, 1.54) is 0 Å². The summed E-state index contributed by atoms with van der Waals surface area (Å²) >= 11 is 2.84. The molecule has 1 heteroatoms. The molecule has 0 heterocycles. The van der Waals surface area contributed by atoms with Crippen molar-refractivity contribution >= 4 is 16.0 Å². The molecule has 0 N–H and O–H groups in total. The second kappa shape index (κ2) is 4.17. The van der Waals surface area contributed by atoms with Gasteiger partial charge in [-0.25, -0.2) is 0 Å². The molecule has 0 aliphatic rings. The summed E-state index contributed by atoms with van der Waals surface area (Å²) in [6.07, 6.45) is 0. The molecule has 0 nitrogen and oxygen atoms in total. The third-order valence-corrected chi connectivity index (χ3v) is 1.38. The van der Waals surface area contributed by atoms with E-state index in [0.29, 0.717) is 0 Å².